The lowest BCUT2D eigenvalue weighted by Crippen LogP contribution is -2.60. The van der Waals surface area contributed by atoms with Crippen LogP contribution in [0.2, 0.25) is 0 Å². The average Bonchev–Trinajstić information content (AvgIpc) is 2.79. The second kappa shape index (κ2) is 13.9. The minimum absolute atomic E-state index is 0.271. The van der Waals surface area contributed by atoms with Gasteiger partial charge in [0.1, 0.15) is 18.3 Å². The summed E-state index contributed by atoms with van der Waals surface area (Å²) in [6.07, 6.45) is 1.20. The van der Waals surface area contributed by atoms with E-state index in [9.17, 15) is 19.2 Å². The van der Waals surface area contributed by atoms with E-state index in [-0.39, 0.29) is 39.3 Å². The molecule has 3 aliphatic rings. The normalized spacial score (nSPS) is 26.3. The van der Waals surface area contributed by atoms with Gasteiger partial charge in [-0.25, -0.2) is 0 Å². The van der Waals surface area contributed by atoms with Gasteiger partial charge in [0.15, 0.2) is 0 Å². The van der Waals surface area contributed by atoms with Crippen LogP contribution in [0.5, 0.6) is 0 Å². The third-order valence-corrected chi connectivity index (χ3v) is 9.41. The molecule has 270 valence electrons. The minimum atomic E-state index is -1.30. The molecule has 0 spiro atoms. The maximum absolute atomic E-state index is 14.2. The molecule has 11 heteroatoms. The van der Waals surface area contributed by atoms with Crippen LogP contribution >= 0.6 is 0 Å². The van der Waals surface area contributed by atoms with Gasteiger partial charge in [-0.05, 0) is 83.1 Å². The molecule has 0 bridgehead atoms. The number of piperidine rings is 3. The van der Waals surface area contributed by atoms with Crippen molar-refractivity contribution in [2.24, 2.45) is 11.8 Å². The first-order valence-corrected chi connectivity index (χ1v) is 17.3. The van der Waals surface area contributed by atoms with Crippen molar-refractivity contribution in [3.63, 3.8) is 0 Å². The highest BCUT2D eigenvalue weighted by Crippen LogP contribution is 2.36. The smallest absolute Gasteiger partial charge is 0.310 e. The first-order chi connectivity index (χ1) is 21.2. The Kier molecular flexibility index (Phi) is 11.6. The largest absolute Gasteiger partial charge is 0.469 e. The Morgan fingerprint density at radius 2 is 0.745 bits per heavy atom. The first-order valence-electron chi connectivity index (χ1n) is 17.3. The molecule has 3 fully saturated rings. The van der Waals surface area contributed by atoms with Crippen LogP contribution in [0, 0.1) is 11.8 Å². The molecule has 3 aliphatic heterocycles. The van der Waals surface area contributed by atoms with Crippen molar-refractivity contribution in [3.05, 3.63) is 0 Å². The molecule has 11 nitrogen and oxygen atoms in total. The summed E-state index contributed by atoms with van der Waals surface area (Å²) in [5.74, 6) is -5.35. The van der Waals surface area contributed by atoms with Gasteiger partial charge < -0.3 is 34.9 Å². The SMILES string of the molecule is COC(=O)CC(C(=O)OC1CC(C)(C)NC(C)(C)C1)C(CC(=O)OC1CC(C)(C)NC(C)(C)C1)C(=O)OC1CC(C)(C)NC(C)(C)C1. The maximum Gasteiger partial charge on any atom is 0.310 e. The van der Waals surface area contributed by atoms with Crippen molar-refractivity contribution in [1.82, 2.24) is 16.0 Å². The monoisotopic (exact) mass is 665 g/mol. The summed E-state index contributed by atoms with van der Waals surface area (Å²) in [7, 11) is 1.23. The third kappa shape index (κ3) is 12.0. The highest BCUT2D eigenvalue weighted by molar-refractivity contribution is 5.88. The van der Waals surface area contributed by atoms with Gasteiger partial charge in [0, 0.05) is 71.8 Å². The molecule has 0 aromatic carbocycles. The predicted molar refractivity (Wildman–Crippen MR) is 179 cm³/mol. The van der Waals surface area contributed by atoms with Gasteiger partial charge in [-0.15, -0.1) is 0 Å². The van der Waals surface area contributed by atoms with Crippen molar-refractivity contribution < 1.29 is 38.1 Å². The third-order valence-electron chi connectivity index (χ3n) is 9.41. The fourth-order valence-corrected chi connectivity index (χ4v) is 8.90. The Morgan fingerprint density at radius 1 is 0.489 bits per heavy atom. The number of carbonyl (C=O) groups excluding carboxylic acids is 4. The van der Waals surface area contributed by atoms with E-state index in [0.717, 1.165) is 0 Å². The van der Waals surface area contributed by atoms with Crippen LogP contribution in [0.3, 0.4) is 0 Å². The van der Waals surface area contributed by atoms with Crippen LogP contribution in [0.1, 0.15) is 134 Å². The zero-order chi connectivity index (χ0) is 35.8. The van der Waals surface area contributed by atoms with Gasteiger partial charge >= 0.3 is 23.9 Å². The van der Waals surface area contributed by atoms with Crippen molar-refractivity contribution in [2.45, 2.75) is 186 Å². The number of hydrogen-bond donors (Lipinski definition) is 3. The van der Waals surface area contributed by atoms with Crippen LogP contribution in [-0.2, 0) is 38.1 Å². The molecule has 3 heterocycles. The van der Waals surface area contributed by atoms with E-state index in [1.807, 2.05) is 55.4 Å². The zero-order valence-corrected chi connectivity index (χ0v) is 31.3. The van der Waals surface area contributed by atoms with Crippen molar-refractivity contribution in [2.75, 3.05) is 7.11 Å². The summed E-state index contributed by atoms with van der Waals surface area (Å²) in [5.41, 5.74) is -1.78. The van der Waals surface area contributed by atoms with Gasteiger partial charge in [-0.2, -0.15) is 0 Å². The molecule has 0 amide bonds. The van der Waals surface area contributed by atoms with E-state index in [2.05, 4.69) is 43.6 Å². The molecule has 2 atom stereocenters. The molecule has 0 aromatic rings. The topological polar surface area (TPSA) is 141 Å². The van der Waals surface area contributed by atoms with Crippen LogP contribution < -0.4 is 16.0 Å². The number of hydrogen-bond acceptors (Lipinski definition) is 11. The molecule has 47 heavy (non-hydrogen) atoms. The van der Waals surface area contributed by atoms with E-state index in [0.29, 0.717) is 38.5 Å². The fourth-order valence-electron chi connectivity index (χ4n) is 8.90. The van der Waals surface area contributed by atoms with Crippen molar-refractivity contribution >= 4 is 23.9 Å². The zero-order valence-electron chi connectivity index (χ0n) is 31.3. The van der Waals surface area contributed by atoms with Crippen LogP contribution in [0.4, 0.5) is 0 Å². The molecule has 0 aliphatic carbocycles. The molecule has 3 rings (SSSR count). The lowest BCUT2D eigenvalue weighted by Gasteiger charge is -2.46. The molecule has 3 N–H and O–H groups in total. The van der Waals surface area contributed by atoms with E-state index in [4.69, 9.17) is 18.9 Å². The van der Waals surface area contributed by atoms with E-state index < -0.39 is 60.8 Å². The summed E-state index contributed by atoms with van der Waals surface area (Å²) in [4.78, 5) is 54.6. The average molecular weight is 666 g/mol. The molecule has 0 saturated carbocycles. The molecule has 3 saturated heterocycles. The highest BCUT2D eigenvalue weighted by atomic mass is 16.6. The first kappa shape index (κ1) is 39.2. The number of methoxy groups -OCH3 is 1. The van der Waals surface area contributed by atoms with Crippen LogP contribution in [0.15, 0.2) is 0 Å². The summed E-state index contributed by atoms with van der Waals surface area (Å²) >= 11 is 0. The lowest BCUT2D eigenvalue weighted by molar-refractivity contribution is -0.176. The standard InChI is InChI=1S/C36H63N3O8/c1-31(2)16-22(17-32(3,4)37-31)45-28(41)15-26(30(43)47-24-20-35(9,10)39-36(11,12)21-24)25(14-27(40)44-13)29(42)46-23-18-33(5,6)38-34(7,8)19-23/h22-26,37-39H,14-21H2,1-13H3. The molecule has 0 aromatic heterocycles. The van der Waals surface area contributed by atoms with Gasteiger partial charge in [-0.1, -0.05) is 0 Å². The fraction of sp³-hybridized carbons (Fsp3) is 0.889. The van der Waals surface area contributed by atoms with E-state index in [1.165, 1.54) is 7.11 Å². The summed E-state index contributed by atoms with van der Waals surface area (Å²) in [6, 6.07) is 0. The van der Waals surface area contributed by atoms with Crippen molar-refractivity contribution in [1.29, 1.82) is 0 Å². The van der Waals surface area contributed by atoms with Crippen LogP contribution in [0.25, 0.3) is 0 Å². The highest BCUT2D eigenvalue weighted by Gasteiger charge is 2.47. The molecular weight excluding hydrogens is 602 g/mol. The summed E-state index contributed by atoms with van der Waals surface area (Å²) in [5, 5.41) is 10.7. The molecule has 2 unspecified atom stereocenters. The van der Waals surface area contributed by atoms with E-state index >= 15 is 0 Å². The van der Waals surface area contributed by atoms with E-state index in [1.54, 1.807) is 0 Å². The number of rotatable bonds is 10. The Hall–Kier alpha value is -2.24. The Labute approximate surface area is 282 Å². The Bertz CT molecular complexity index is 1130. The van der Waals surface area contributed by atoms with Gasteiger partial charge in [0.2, 0.25) is 0 Å². The number of esters is 4. The Balaban J connectivity index is 1.92. The van der Waals surface area contributed by atoms with Crippen LogP contribution in [-0.4, -0.2) is 82.5 Å². The number of nitrogens with one attached hydrogen (secondary N) is 3. The van der Waals surface area contributed by atoms with Gasteiger partial charge in [-0.3, -0.25) is 19.2 Å². The van der Waals surface area contributed by atoms with Gasteiger partial charge in [0.05, 0.1) is 31.8 Å². The predicted octanol–water partition coefficient (Wildman–Crippen LogP) is 4.73. The van der Waals surface area contributed by atoms with Gasteiger partial charge in [0.25, 0.3) is 0 Å². The maximum atomic E-state index is 14.2. The lowest BCUT2D eigenvalue weighted by atomic mass is 9.80. The summed E-state index contributed by atoms with van der Waals surface area (Å²) < 4.78 is 23.1. The molecule has 0 radical (unpaired) electrons. The minimum Gasteiger partial charge on any atom is -0.469 e. The molecular formula is C36H63N3O8. The Morgan fingerprint density at radius 3 is 1.02 bits per heavy atom. The second-order valence-corrected chi connectivity index (χ2v) is 18.3. The quantitative estimate of drug-likeness (QED) is 0.220. The number of ether oxygens (including phenoxy) is 4. The second-order valence-electron chi connectivity index (χ2n) is 18.3. The number of carbonyl (C=O) groups is 4. The summed E-state index contributed by atoms with van der Waals surface area (Å²) in [6.45, 7) is 24.6. The van der Waals surface area contributed by atoms with Crippen molar-refractivity contribution in [3.8, 4) is 0 Å².